The summed E-state index contributed by atoms with van der Waals surface area (Å²) in [7, 11) is 0. The Morgan fingerprint density at radius 2 is 1.96 bits per heavy atom. The molecule has 0 bridgehead atoms. The second kappa shape index (κ2) is 7.68. The summed E-state index contributed by atoms with van der Waals surface area (Å²) in [6.07, 6.45) is -0.286. The highest BCUT2D eigenvalue weighted by molar-refractivity contribution is 6.30. The number of carbonyl (C=O) groups excluding carboxylic acids is 1. The molecule has 2 N–H and O–H groups in total. The maximum absolute atomic E-state index is 13.5. The van der Waals surface area contributed by atoms with Crippen molar-refractivity contribution >= 4 is 17.7 Å². The van der Waals surface area contributed by atoms with Gasteiger partial charge in [-0.1, -0.05) is 17.7 Å². The minimum atomic E-state index is -0.491. The van der Waals surface area contributed by atoms with Crippen molar-refractivity contribution in [3.05, 3.63) is 34.6 Å². The fourth-order valence-electron chi connectivity index (χ4n) is 2.57. The van der Waals surface area contributed by atoms with E-state index in [-0.39, 0.29) is 17.2 Å². The molecule has 1 aliphatic heterocycles. The van der Waals surface area contributed by atoms with E-state index in [1.807, 2.05) is 20.8 Å². The van der Waals surface area contributed by atoms with Gasteiger partial charge in [0.05, 0.1) is 5.02 Å². The van der Waals surface area contributed by atoms with Crippen LogP contribution in [0.25, 0.3) is 0 Å². The van der Waals surface area contributed by atoms with Crippen LogP contribution in [0.15, 0.2) is 18.2 Å². The molecule has 1 aliphatic rings. The predicted octanol–water partition coefficient (Wildman–Crippen LogP) is 3.03. The summed E-state index contributed by atoms with van der Waals surface area (Å²) in [6, 6.07) is 4.34. The van der Waals surface area contributed by atoms with Crippen LogP contribution in [-0.4, -0.2) is 54.2 Å². The van der Waals surface area contributed by atoms with Gasteiger partial charge in [0, 0.05) is 38.8 Å². The Morgan fingerprint density at radius 1 is 1.33 bits per heavy atom. The molecule has 1 aromatic rings. The first-order valence-corrected chi connectivity index (χ1v) is 8.44. The first-order valence-electron chi connectivity index (χ1n) is 8.06. The molecule has 5 nitrogen and oxygen atoms in total. The molecule has 1 aromatic carbocycles. The van der Waals surface area contributed by atoms with Crippen LogP contribution in [0.5, 0.6) is 0 Å². The van der Waals surface area contributed by atoms with Crippen molar-refractivity contribution in [2.75, 3.05) is 32.7 Å². The number of rotatable bonds is 3. The van der Waals surface area contributed by atoms with Gasteiger partial charge in [-0.15, -0.1) is 0 Å². The summed E-state index contributed by atoms with van der Waals surface area (Å²) >= 11 is 5.69. The standard InChI is InChI=1S/C17H25ClFN3O2/c1-17(2,3)24-16(23)22-8-6-21(7-9-22)11-15(20)12-4-5-13(18)14(19)10-12/h4-5,10,15H,6-9,11,20H2,1-3H3. The molecule has 2 rings (SSSR count). The Morgan fingerprint density at radius 3 is 2.50 bits per heavy atom. The predicted molar refractivity (Wildman–Crippen MR) is 92.6 cm³/mol. The fourth-order valence-corrected chi connectivity index (χ4v) is 2.68. The van der Waals surface area contributed by atoms with Gasteiger partial charge in [0.25, 0.3) is 0 Å². The maximum atomic E-state index is 13.5. The average molecular weight is 358 g/mol. The van der Waals surface area contributed by atoms with Gasteiger partial charge in [-0.3, -0.25) is 4.90 Å². The molecule has 0 aliphatic carbocycles. The second-order valence-electron chi connectivity index (χ2n) is 7.05. The fraction of sp³-hybridized carbons (Fsp3) is 0.588. The smallest absolute Gasteiger partial charge is 0.410 e. The average Bonchev–Trinajstić information content (AvgIpc) is 2.49. The van der Waals surface area contributed by atoms with E-state index in [1.54, 1.807) is 11.0 Å². The summed E-state index contributed by atoms with van der Waals surface area (Å²) in [5.41, 5.74) is 6.39. The Labute approximate surface area is 147 Å². The quantitative estimate of drug-likeness (QED) is 0.903. The summed E-state index contributed by atoms with van der Waals surface area (Å²) < 4.78 is 18.9. The van der Waals surface area contributed by atoms with Gasteiger partial charge in [-0.05, 0) is 38.5 Å². The number of amides is 1. The van der Waals surface area contributed by atoms with Gasteiger partial charge in [0.15, 0.2) is 0 Å². The summed E-state index contributed by atoms with van der Waals surface area (Å²) in [6.45, 7) is 8.77. The minimum Gasteiger partial charge on any atom is -0.444 e. The van der Waals surface area contributed by atoms with E-state index in [2.05, 4.69) is 4.90 Å². The number of hydrogen-bond acceptors (Lipinski definition) is 4. The minimum absolute atomic E-state index is 0.0944. The Hall–Kier alpha value is -1.37. The van der Waals surface area contributed by atoms with Crippen molar-refractivity contribution < 1.29 is 13.9 Å². The largest absolute Gasteiger partial charge is 0.444 e. The van der Waals surface area contributed by atoms with E-state index in [4.69, 9.17) is 22.1 Å². The second-order valence-corrected chi connectivity index (χ2v) is 7.46. The highest BCUT2D eigenvalue weighted by atomic mass is 35.5. The molecule has 0 spiro atoms. The molecule has 0 saturated carbocycles. The third-order valence-corrected chi connectivity index (χ3v) is 4.16. The van der Waals surface area contributed by atoms with E-state index in [1.165, 1.54) is 12.1 Å². The number of hydrogen-bond donors (Lipinski definition) is 1. The van der Waals surface area contributed by atoms with Crippen molar-refractivity contribution in [1.29, 1.82) is 0 Å². The molecule has 7 heteroatoms. The first kappa shape index (κ1) is 19.0. The number of benzene rings is 1. The van der Waals surface area contributed by atoms with Crippen LogP contribution in [0.2, 0.25) is 5.02 Å². The zero-order valence-corrected chi connectivity index (χ0v) is 15.1. The van der Waals surface area contributed by atoms with Crippen LogP contribution in [0, 0.1) is 5.82 Å². The Kier molecular flexibility index (Phi) is 6.06. The lowest BCUT2D eigenvalue weighted by Gasteiger charge is -2.36. The number of ether oxygens (including phenoxy) is 1. The first-order chi connectivity index (χ1) is 11.2. The van der Waals surface area contributed by atoms with Crippen LogP contribution in [-0.2, 0) is 4.74 Å². The van der Waals surface area contributed by atoms with Crippen LogP contribution < -0.4 is 5.73 Å². The molecule has 0 radical (unpaired) electrons. The summed E-state index contributed by atoms with van der Waals surface area (Å²) in [5, 5.41) is 0.0944. The third kappa shape index (κ3) is 5.33. The number of carbonyl (C=O) groups is 1. The molecule has 24 heavy (non-hydrogen) atoms. The molecule has 1 unspecified atom stereocenters. The molecule has 1 heterocycles. The van der Waals surface area contributed by atoms with Crippen molar-refractivity contribution in [2.45, 2.75) is 32.4 Å². The van der Waals surface area contributed by atoms with Crippen molar-refractivity contribution in [1.82, 2.24) is 9.80 Å². The zero-order valence-electron chi connectivity index (χ0n) is 14.4. The Bertz CT molecular complexity index is 584. The summed E-state index contributed by atoms with van der Waals surface area (Å²) in [5.74, 6) is -0.459. The lowest BCUT2D eigenvalue weighted by Crippen LogP contribution is -2.51. The van der Waals surface area contributed by atoms with E-state index in [9.17, 15) is 9.18 Å². The molecule has 1 fully saturated rings. The lowest BCUT2D eigenvalue weighted by atomic mass is 10.1. The molecule has 1 amide bonds. The van der Waals surface area contributed by atoms with E-state index in [0.29, 0.717) is 38.3 Å². The lowest BCUT2D eigenvalue weighted by molar-refractivity contribution is 0.0141. The van der Waals surface area contributed by atoms with Gasteiger partial charge < -0.3 is 15.4 Å². The van der Waals surface area contributed by atoms with Gasteiger partial charge in [-0.2, -0.15) is 0 Å². The van der Waals surface area contributed by atoms with E-state index in [0.717, 1.165) is 0 Å². The van der Waals surface area contributed by atoms with Crippen LogP contribution in [0.4, 0.5) is 9.18 Å². The number of piperazine rings is 1. The maximum Gasteiger partial charge on any atom is 0.410 e. The summed E-state index contributed by atoms with van der Waals surface area (Å²) in [4.78, 5) is 15.9. The van der Waals surface area contributed by atoms with Gasteiger partial charge in [0.2, 0.25) is 0 Å². The number of nitrogens with two attached hydrogens (primary N) is 1. The molecule has 1 atom stereocenters. The highest BCUT2D eigenvalue weighted by Gasteiger charge is 2.26. The van der Waals surface area contributed by atoms with Crippen LogP contribution in [0.1, 0.15) is 32.4 Å². The zero-order chi connectivity index (χ0) is 17.9. The number of nitrogens with zero attached hydrogens (tertiary/aromatic N) is 2. The Balaban J connectivity index is 1.84. The molecule has 134 valence electrons. The van der Waals surface area contributed by atoms with Crippen molar-refractivity contribution in [3.63, 3.8) is 0 Å². The molecular formula is C17H25ClFN3O2. The molecular weight excluding hydrogens is 333 g/mol. The van der Waals surface area contributed by atoms with Gasteiger partial charge >= 0.3 is 6.09 Å². The SMILES string of the molecule is CC(C)(C)OC(=O)N1CCN(CC(N)c2ccc(Cl)c(F)c2)CC1. The van der Waals surface area contributed by atoms with E-state index >= 15 is 0 Å². The van der Waals surface area contributed by atoms with Gasteiger partial charge in [-0.25, -0.2) is 9.18 Å². The third-order valence-electron chi connectivity index (χ3n) is 3.85. The van der Waals surface area contributed by atoms with E-state index < -0.39 is 11.4 Å². The van der Waals surface area contributed by atoms with Gasteiger partial charge in [0.1, 0.15) is 11.4 Å². The monoisotopic (exact) mass is 357 g/mol. The number of halogens is 2. The highest BCUT2D eigenvalue weighted by Crippen LogP contribution is 2.20. The topological polar surface area (TPSA) is 58.8 Å². The molecule has 1 saturated heterocycles. The molecule has 0 aromatic heterocycles. The normalized spacial score (nSPS) is 17.7. The van der Waals surface area contributed by atoms with Crippen molar-refractivity contribution in [3.8, 4) is 0 Å². The van der Waals surface area contributed by atoms with Crippen molar-refractivity contribution in [2.24, 2.45) is 5.73 Å². The van der Waals surface area contributed by atoms with Crippen LogP contribution in [0.3, 0.4) is 0 Å². The van der Waals surface area contributed by atoms with Crippen LogP contribution >= 0.6 is 11.6 Å².